The Hall–Kier alpha value is -3.71. The van der Waals surface area contributed by atoms with Crippen molar-refractivity contribution in [3.63, 3.8) is 0 Å². The number of carbonyl (C=O) groups is 1. The maximum Gasteiger partial charge on any atom is 0.318 e. The number of ether oxygens (including phenoxy) is 3. The van der Waals surface area contributed by atoms with Crippen LogP contribution in [0.3, 0.4) is 0 Å². The van der Waals surface area contributed by atoms with E-state index in [1.807, 2.05) is 5.32 Å². The second kappa shape index (κ2) is 10.3. The summed E-state index contributed by atoms with van der Waals surface area (Å²) < 4.78 is 98.8. The first-order valence-electron chi connectivity index (χ1n) is 11.1. The lowest BCUT2D eigenvalue weighted by Crippen LogP contribution is -2.44. The molecule has 2 aliphatic rings. The number of rotatable bonds is 10. The molecule has 1 aromatic heterocycles. The molecule has 0 bridgehead atoms. The lowest BCUT2D eigenvalue weighted by atomic mass is 10.0. The predicted molar refractivity (Wildman–Crippen MR) is 116 cm³/mol. The van der Waals surface area contributed by atoms with E-state index in [0.717, 1.165) is 25.7 Å². The summed E-state index contributed by atoms with van der Waals surface area (Å²) in [7, 11) is 1.16. The lowest BCUT2D eigenvalue weighted by Gasteiger charge is -2.24. The molecule has 1 amide bonds. The van der Waals surface area contributed by atoms with Crippen molar-refractivity contribution in [2.45, 2.75) is 56.7 Å². The number of anilines is 1. The second-order valence-electron chi connectivity index (χ2n) is 8.46. The summed E-state index contributed by atoms with van der Waals surface area (Å²) in [6.07, 6.45) is -7.69. The minimum Gasteiger partial charge on any atom is -0.467 e. The molecule has 1 aromatic carbocycles. The fraction of sp³-hybridized carbons (Fsp3) is 0.435. The van der Waals surface area contributed by atoms with Gasteiger partial charge in [-0.3, -0.25) is 4.79 Å². The Labute approximate surface area is 207 Å². The van der Waals surface area contributed by atoms with E-state index >= 15 is 4.39 Å². The van der Waals surface area contributed by atoms with Crippen LogP contribution < -0.4 is 15.4 Å². The highest BCUT2D eigenvalue weighted by Crippen LogP contribution is 2.43. The normalized spacial score (nSPS) is 17.8. The molecule has 8 nitrogen and oxygen atoms in total. The SMILES string of the molecule is COc1nc(N[C@H](C)c2cccc(C(F)F)c2F)c(C2OC=CO2)c(C(F)C(=O)NC2(C(F)F)CC2)n1. The molecule has 1 aliphatic carbocycles. The molecule has 14 heteroatoms. The predicted octanol–water partition coefficient (Wildman–Crippen LogP) is 5.18. The van der Waals surface area contributed by atoms with Crippen LogP contribution in [0.4, 0.5) is 32.2 Å². The lowest BCUT2D eigenvalue weighted by molar-refractivity contribution is -0.128. The standard InChI is InChI=1S/C23H22F6N4O4/c1-10(11-4-3-5-12(14(11)24)17(26)27)30-18-13(20-36-8-9-37-20)16(31-22(32-18)35-2)15(25)19(34)33-23(6-7-23)21(28)29/h3-5,8-10,15,17,20-21H,6-7H2,1-2H3,(H,33,34)(H,30,31,32)/t10-,15?/m1/s1. The van der Waals surface area contributed by atoms with Gasteiger partial charge in [-0.2, -0.15) is 9.97 Å². The number of halogens is 6. The molecule has 2 N–H and O–H groups in total. The first-order chi connectivity index (χ1) is 17.6. The van der Waals surface area contributed by atoms with Gasteiger partial charge in [0.1, 0.15) is 41.0 Å². The third-order valence-electron chi connectivity index (χ3n) is 5.99. The summed E-state index contributed by atoms with van der Waals surface area (Å²) in [5.41, 5.74) is -3.64. The third kappa shape index (κ3) is 5.23. The highest BCUT2D eigenvalue weighted by Gasteiger charge is 2.53. The highest BCUT2D eigenvalue weighted by molar-refractivity contribution is 5.83. The Morgan fingerprint density at radius 3 is 2.32 bits per heavy atom. The Morgan fingerprint density at radius 2 is 1.76 bits per heavy atom. The van der Waals surface area contributed by atoms with Gasteiger partial charge in [-0.25, -0.2) is 26.3 Å². The largest absolute Gasteiger partial charge is 0.467 e. The molecule has 4 rings (SSSR count). The topological polar surface area (TPSA) is 94.6 Å². The van der Waals surface area contributed by atoms with Crippen LogP contribution in [0.1, 0.15) is 67.1 Å². The van der Waals surface area contributed by atoms with Crippen LogP contribution in [-0.2, 0) is 14.3 Å². The van der Waals surface area contributed by atoms with Crippen LogP contribution in [0.15, 0.2) is 30.7 Å². The number of benzene rings is 1. The van der Waals surface area contributed by atoms with Crippen LogP contribution in [0.2, 0.25) is 0 Å². The summed E-state index contributed by atoms with van der Waals surface area (Å²) in [6.45, 7) is 1.43. The minimum absolute atomic E-state index is 0.0184. The van der Waals surface area contributed by atoms with Gasteiger partial charge < -0.3 is 24.8 Å². The molecule has 1 saturated carbocycles. The van der Waals surface area contributed by atoms with Gasteiger partial charge in [0.05, 0.1) is 18.7 Å². The number of methoxy groups -OCH3 is 1. The summed E-state index contributed by atoms with van der Waals surface area (Å²) in [6, 6.07) is 2.02. The Balaban J connectivity index is 1.73. The van der Waals surface area contributed by atoms with Crippen LogP contribution in [0.5, 0.6) is 6.01 Å². The van der Waals surface area contributed by atoms with E-state index in [1.54, 1.807) is 0 Å². The zero-order chi connectivity index (χ0) is 26.9. The van der Waals surface area contributed by atoms with E-state index in [1.165, 1.54) is 19.1 Å². The van der Waals surface area contributed by atoms with E-state index in [-0.39, 0.29) is 29.8 Å². The third-order valence-corrected chi connectivity index (χ3v) is 5.99. The van der Waals surface area contributed by atoms with Crippen LogP contribution >= 0.6 is 0 Å². The smallest absolute Gasteiger partial charge is 0.318 e. The number of aromatic nitrogens is 2. The highest BCUT2D eigenvalue weighted by atomic mass is 19.3. The zero-order valence-corrected chi connectivity index (χ0v) is 19.5. The molecule has 1 aliphatic heterocycles. The summed E-state index contributed by atoms with van der Waals surface area (Å²) in [5, 5.41) is 4.80. The first-order valence-corrected chi connectivity index (χ1v) is 11.1. The van der Waals surface area contributed by atoms with E-state index in [9.17, 15) is 26.7 Å². The minimum atomic E-state index is -3.06. The van der Waals surface area contributed by atoms with E-state index in [4.69, 9.17) is 14.2 Å². The molecule has 2 aromatic rings. The number of alkyl halides is 5. The van der Waals surface area contributed by atoms with Gasteiger partial charge in [0.25, 0.3) is 25.0 Å². The number of hydrogen-bond donors (Lipinski definition) is 2. The van der Waals surface area contributed by atoms with Crippen molar-refractivity contribution in [3.8, 4) is 6.01 Å². The van der Waals surface area contributed by atoms with Crippen LogP contribution in [0, 0.1) is 5.82 Å². The van der Waals surface area contributed by atoms with Gasteiger partial charge >= 0.3 is 6.01 Å². The van der Waals surface area contributed by atoms with Crippen LogP contribution in [-0.4, -0.2) is 34.9 Å². The maximum atomic E-state index is 15.5. The average Bonchev–Trinajstić information content (AvgIpc) is 3.45. The van der Waals surface area contributed by atoms with Crippen molar-refractivity contribution in [3.05, 3.63) is 58.9 Å². The molecule has 0 saturated heterocycles. The maximum absolute atomic E-state index is 15.5. The summed E-state index contributed by atoms with van der Waals surface area (Å²) in [4.78, 5) is 20.6. The second-order valence-corrected chi connectivity index (χ2v) is 8.46. The van der Waals surface area contributed by atoms with Crippen molar-refractivity contribution in [1.29, 1.82) is 0 Å². The number of hydrogen-bond acceptors (Lipinski definition) is 7. The van der Waals surface area contributed by atoms with Crippen molar-refractivity contribution >= 4 is 11.7 Å². The monoisotopic (exact) mass is 532 g/mol. The molecule has 0 spiro atoms. The summed E-state index contributed by atoms with van der Waals surface area (Å²) in [5.74, 6) is -2.75. The van der Waals surface area contributed by atoms with Gasteiger partial charge in [0, 0.05) is 5.56 Å². The number of carbonyl (C=O) groups excluding carboxylic acids is 1. The Bertz CT molecular complexity index is 1190. The first kappa shape index (κ1) is 26.4. The molecule has 37 heavy (non-hydrogen) atoms. The zero-order valence-electron chi connectivity index (χ0n) is 19.5. The Kier molecular flexibility index (Phi) is 7.37. The van der Waals surface area contributed by atoms with E-state index < -0.39 is 65.9 Å². The number of amides is 1. The molecule has 1 fully saturated rings. The van der Waals surface area contributed by atoms with Gasteiger partial charge in [-0.05, 0) is 19.8 Å². The molecule has 200 valence electrons. The van der Waals surface area contributed by atoms with Crippen LogP contribution in [0.25, 0.3) is 0 Å². The fourth-order valence-electron chi connectivity index (χ4n) is 3.79. The summed E-state index contributed by atoms with van der Waals surface area (Å²) >= 11 is 0. The molecule has 0 radical (unpaired) electrons. The van der Waals surface area contributed by atoms with Gasteiger partial charge in [-0.1, -0.05) is 18.2 Å². The number of nitrogens with zero attached hydrogens (tertiary/aromatic N) is 2. The van der Waals surface area contributed by atoms with Crippen molar-refractivity contribution in [2.75, 3.05) is 12.4 Å². The fourth-order valence-corrected chi connectivity index (χ4v) is 3.79. The van der Waals surface area contributed by atoms with Gasteiger partial charge in [0.2, 0.25) is 6.17 Å². The van der Waals surface area contributed by atoms with Crippen molar-refractivity contribution in [1.82, 2.24) is 15.3 Å². The van der Waals surface area contributed by atoms with Gasteiger partial charge in [-0.15, -0.1) is 0 Å². The van der Waals surface area contributed by atoms with Crippen molar-refractivity contribution in [2.24, 2.45) is 0 Å². The van der Waals surface area contributed by atoms with Gasteiger partial charge in [0.15, 0.2) is 0 Å². The molecule has 2 atom stereocenters. The Morgan fingerprint density at radius 1 is 1.11 bits per heavy atom. The molecule has 1 unspecified atom stereocenters. The quantitative estimate of drug-likeness (QED) is 0.408. The molecular formula is C23H22F6N4O4. The molecule has 2 heterocycles. The van der Waals surface area contributed by atoms with E-state index in [0.29, 0.717) is 0 Å². The van der Waals surface area contributed by atoms with Crippen molar-refractivity contribution < 1.29 is 45.3 Å². The molecular weight excluding hydrogens is 510 g/mol. The van der Waals surface area contributed by atoms with E-state index in [2.05, 4.69) is 15.3 Å². The average molecular weight is 532 g/mol. The number of nitrogens with one attached hydrogen (secondary N) is 2.